The molecule has 0 heterocycles. The van der Waals surface area contributed by atoms with Gasteiger partial charge in [-0.2, -0.15) is 10.4 Å². The molecule has 0 saturated carbocycles. The molecule has 2 aromatic rings. The summed E-state index contributed by atoms with van der Waals surface area (Å²) in [6.45, 7) is 3.72. The van der Waals surface area contributed by atoms with E-state index in [1.165, 1.54) is 5.56 Å². The molecule has 2 rings (SSSR count). The van der Waals surface area contributed by atoms with Crippen LogP contribution in [0.3, 0.4) is 0 Å². The highest BCUT2D eigenvalue weighted by atomic mass is 16.5. The molecular weight excluding hydrogens is 302 g/mol. The number of hydrogen-bond donors (Lipinski definition) is 1. The molecule has 0 saturated heterocycles. The standard InChI is InChI=1S/C19H19N3O2/c1-3-15-8-10-16(11-9-15)14(2)21-22-19(23)13-24-18-7-5-4-6-17(18)12-20/h4-11H,3,13H2,1-2H3,(H,22,23)/b21-14+. The van der Waals surface area contributed by atoms with Crippen molar-refractivity contribution in [2.24, 2.45) is 5.10 Å². The van der Waals surface area contributed by atoms with E-state index in [-0.39, 0.29) is 12.5 Å². The molecule has 0 bridgehead atoms. The fourth-order valence-electron chi connectivity index (χ4n) is 2.05. The summed E-state index contributed by atoms with van der Waals surface area (Å²) in [5, 5.41) is 13.0. The van der Waals surface area contributed by atoms with Gasteiger partial charge in [0.05, 0.1) is 11.3 Å². The summed E-state index contributed by atoms with van der Waals surface area (Å²) in [5.74, 6) is -0.00160. The smallest absolute Gasteiger partial charge is 0.277 e. The van der Waals surface area contributed by atoms with Crippen LogP contribution in [0, 0.1) is 11.3 Å². The molecule has 0 unspecified atom stereocenters. The number of rotatable bonds is 6. The Kier molecular flexibility index (Phi) is 6.09. The zero-order chi connectivity index (χ0) is 17.4. The molecule has 0 aliphatic rings. The highest BCUT2D eigenvalue weighted by Gasteiger charge is 2.06. The second kappa shape index (κ2) is 8.49. The summed E-state index contributed by atoms with van der Waals surface area (Å²) in [4.78, 5) is 11.8. The molecule has 1 amide bonds. The average Bonchev–Trinajstić information content (AvgIpc) is 2.64. The number of nitrogens with zero attached hydrogens (tertiary/aromatic N) is 2. The van der Waals surface area contributed by atoms with Crippen molar-refractivity contribution < 1.29 is 9.53 Å². The summed E-state index contributed by atoms with van der Waals surface area (Å²) in [6.07, 6.45) is 0.981. The van der Waals surface area contributed by atoms with Crippen molar-refractivity contribution in [1.82, 2.24) is 5.43 Å². The quantitative estimate of drug-likeness (QED) is 0.656. The van der Waals surface area contributed by atoms with Crippen molar-refractivity contribution in [3.05, 3.63) is 65.2 Å². The largest absolute Gasteiger partial charge is 0.482 e. The van der Waals surface area contributed by atoms with E-state index in [4.69, 9.17) is 10.00 Å². The van der Waals surface area contributed by atoms with Crippen LogP contribution in [-0.2, 0) is 11.2 Å². The minimum atomic E-state index is -0.382. The lowest BCUT2D eigenvalue weighted by molar-refractivity contribution is -0.123. The number of benzene rings is 2. The van der Waals surface area contributed by atoms with Crippen molar-refractivity contribution in [1.29, 1.82) is 5.26 Å². The van der Waals surface area contributed by atoms with Gasteiger partial charge in [0.15, 0.2) is 6.61 Å². The van der Waals surface area contributed by atoms with Gasteiger partial charge in [0.25, 0.3) is 5.91 Å². The number of carbonyl (C=O) groups is 1. The van der Waals surface area contributed by atoms with E-state index in [0.29, 0.717) is 17.0 Å². The van der Waals surface area contributed by atoms with E-state index in [2.05, 4.69) is 17.5 Å². The number of para-hydroxylation sites is 1. The lowest BCUT2D eigenvalue weighted by atomic mass is 10.1. The van der Waals surface area contributed by atoms with Gasteiger partial charge in [-0.3, -0.25) is 4.79 Å². The minimum absolute atomic E-state index is 0.204. The molecule has 0 aliphatic carbocycles. The summed E-state index contributed by atoms with van der Waals surface area (Å²) in [5.41, 5.74) is 5.76. The fourth-order valence-corrected chi connectivity index (χ4v) is 2.05. The molecule has 0 atom stereocenters. The lowest BCUT2D eigenvalue weighted by Gasteiger charge is -2.07. The predicted octanol–water partition coefficient (Wildman–Crippen LogP) is 3.04. The van der Waals surface area contributed by atoms with Crippen molar-refractivity contribution in [2.75, 3.05) is 6.61 Å². The monoisotopic (exact) mass is 321 g/mol. The van der Waals surface area contributed by atoms with Gasteiger partial charge in [0, 0.05) is 0 Å². The van der Waals surface area contributed by atoms with Crippen LogP contribution >= 0.6 is 0 Å². The molecular formula is C19H19N3O2. The molecule has 1 N–H and O–H groups in total. The van der Waals surface area contributed by atoms with Crippen LogP contribution in [0.25, 0.3) is 0 Å². The first-order chi connectivity index (χ1) is 11.6. The van der Waals surface area contributed by atoms with Gasteiger partial charge < -0.3 is 4.74 Å². The first kappa shape index (κ1) is 17.2. The molecule has 0 aromatic heterocycles. The van der Waals surface area contributed by atoms with Gasteiger partial charge in [0.1, 0.15) is 11.8 Å². The topological polar surface area (TPSA) is 74.5 Å². The maximum atomic E-state index is 11.8. The highest BCUT2D eigenvalue weighted by Crippen LogP contribution is 2.16. The second-order valence-corrected chi connectivity index (χ2v) is 5.18. The maximum absolute atomic E-state index is 11.8. The van der Waals surface area contributed by atoms with E-state index in [1.807, 2.05) is 37.3 Å². The van der Waals surface area contributed by atoms with Crippen LogP contribution in [0.15, 0.2) is 53.6 Å². The Morgan fingerprint density at radius 2 is 1.92 bits per heavy atom. The van der Waals surface area contributed by atoms with Crippen LogP contribution in [-0.4, -0.2) is 18.2 Å². The normalized spacial score (nSPS) is 10.8. The SMILES string of the molecule is CCc1ccc(/C(C)=N/NC(=O)COc2ccccc2C#N)cc1. The van der Waals surface area contributed by atoms with Gasteiger partial charge in [-0.1, -0.05) is 43.3 Å². The number of carbonyl (C=O) groups excluding carboxylic acids is 1. The van der Waals surface area contributed by atoms with E-state index in [1.54, 1.807) is 24.3 Å². The second-order valence-electron chi connectivity index (χ2n) is 5.18. The molecule has 0 spiro atoms. The van der Waals surface area contributed by atoms with Crippen molar-refractivity contribution in [2.45, 2.75) is 20.3 Å². The zero-order valence-electron chi connectivity index (χ0n) is 13.7. The summed E-state index contributed by atoms with van der Waals surface area (Å²) in [7, 11) is 0. The Balaban J connectivity index is 1.91. The first-order valence-electron chi connectivity index (χ1n) is 7.68. The Morgan fingerprint density at radius 3 is 2.58 bits per heavy atom. The number of ether oxygens (including phenoxy) is 1. The van der Waals surface area contributed by atoms with Gasteiger partial charge in [-0.05, 0) is 36.6 Å². The Hall–Kier alpha value is -3.13. The van der Waals surface area contributed by atoms with Gasteiger partial charge in [-0.25, -0.2) is 5.43 Å². The molecule has 24 heavy (non-hydrogen) atoms. The van der Waals surface area contributed by atoms with E-state index in [9.17, 15) is 4.79 Å². The first-order valence-corrected chi connectivity index (χ1v) is 7.68. The minimum Gasteiger partial charge on any atom is -0.482 e. The Labute approximate surface area is 141 Å². The number of aryl methyl sites for hydroxylation is 1. The maximum Gasteiger partial charge on any atom is 0.277 e. The zero-order valence-corrected chi connectivity index (χ0v) is 13.7. The van der Waals surface area contributed by atoms with Crippen molar-refractivity contribution >= 4 is 11.6 Å². The van der Waals surface area contributed by atoms with Crippen molar-refractivity contribution in [3.63, 3.8) is 0 Å². The molecule has 0 fully saturated rings. The average molecular weight is 321 g/mol. The van der Waals surface area contributed by atoms with Crippen molar-refractivity contribution in [3.8, 4) is 11.8 Å². The third-order valence-electron chi connectivity index (χ3n) is 3.49. The summed E-state index contributed by atoms with van der Waals surface area (Å²) >= 11 is 0. The molecule has 2 aromatic carbocycles. The molecule has 0 radical (unpaired) electrons. The molecule has 5 heteroatoms. The predicted molar refractivity (Wildman–Crippen MR) is 92.8 cm³/mol. The van der Waals surface area contributed by atoms with E-state index in [0.717, 1.165) is 12.0 Å². The lowest BCUT2D eigenvalue weighted by Crippen LogP contribution is -2.25. The number of nitriles is 1. The van der Waals surface area contributed by atoms with E-state index < -0.39 is 0 Å². The summed E-state index contributed by atoms with van der Waals surface area (Å²) in [6, 6.07) is 16.8. The van der Waals surface area contributed by atoms with Gasteiger partial charge in [-0.15, -0.1) is 0 Å². The van der Waals surface area contributed by atoms with E-state index >= 15 is 0 Å². The highest BCUT2D eigenvalue weighted by molar-refractivity contribution is 5.99. The Bertz CT molecular complexity index is 774. The summed E-state index contributed by atoms with van der Waals surface area (Å²) < 4.78 is 5.35. The molecule has 0 aliphatic heterocycles. The van der Waals surface area contributed by atoms with Gasteiger partial charge in [0.2, 0.25) is 0 Å². The number of hydrazone groups is 1. The van der Waals surface area contributed by atoms with Gasteiger partial charge >= 0.3 is 0 Å². The number of amides is 1. The van der Waals surface area contributed by atoms with Crippen LogP contribution in [0.1, 0.15) is 30.5 Å². The van der Waals surface area contributed by atoms with Crippen LogP contribution in [0.2, 0.25) is 0 Å². The third kappa shape index (κ3) is 4.68. The number of hydrogen-bond acceptors (Lipinski definition) is 4. The fraction of sp³-hybridized carbons (Fsp3) is 0.211. The molecule has 122 valence electrons. The van der Waals surface area contributed by atoms with Crippen LogP contribution in [0.4, 0.5) is 0 Å². The Morgan fingerprint density at radius 1 is 1.21 bits per heavy atom. The van der Waals surface area contributed by atoms with Crippen LogP contribution in [0.5, 0.6) is 5.75 Å². The molecule has 5 nitrogen and oxygen atoms in total. The van der Waals surface area contributed by atoms with Crippen LogP contribution < -0.4 is 10.2 Å². The number of nitrogens with one attached hydrogen (secondary N) is 1. The third-order valence-corrected chi connectivity index (χ3v) is 3.49.